The molecule has 0 N–H and O–H groups in total. The Kier molecular flexibility index (Phi) is 15.7. The van der Waals surface area contributed by atoms with Crippen molar-refractivity contribution in [3.8, 4) is 34.5 Å². The minimum absolute atomic E-state index is 0.702. The fourth-order valence-corrected chi connectivity index (χ4v) is 9.03. The molecule has 6 nitrogen and oxygen atoms in total. The Hall–Kier alpha value is -6.14. The Bertz CT molecular complexity index is 2410. The predicted octanol–water partition coefficient (Wildman–Crippen LogP) is 15.8. The quantitative estimate of drug-likeness (QED) is 0.0565. The van der Waals surface area contributed by atoms with Crippen LogP contribution in [0.2, 0.25) is 0 Å². The van der Waals surface area contributed by atoms with Crippen LogP contribution >= 0.6 is 0 Å². The molecule has 0 radical (unpaired) electrons. The molecule has 6 aromatic rings. The van der Waals surface area contributed by atoms with Crippen LogP contribution in [0, 0.1) is 0 Å². The van der Waals surface area contributed by atoms with E-state index in [4.69, 9.17) is 28.4 Å². The maximum absolute atomic E-state index is 7.53. The summed E-state index contributed by atoms with van der Waals surface area (Å²) in [5.41, 5.74) is 4.15. The molecule has 66 heavy (non-hydrogen) atoms. The summed E-state index contributed by atoms with van der Waals surface area (Å²) < 4.78 is 39.5. The number of hydrogen-bond acceptors (Lipinski definition) is 6. The summed E-state index contributed by atoms with van der Waals surface area (Å²) in [6.07, 6.45) is 22.2. The molecule has 2 aliphatic rings. The van der Waals surface area contributed by atoms with Crippen molar-refractivity contribution in [1.29, 1.82) is 0 Å². The first-order chi connectivity index (χ1) is 32.5. The van der Waals surface area contributed by atoms with Gasteiger partial charge in [-0.3, -0.25) is 0 Å². The van der Waals surface area contributed by atoms with Gasteiger partial charge in [0.2, 0.25) is 0 Å². The highest BCUT2D eigenvalue weighted by Gasteiger charge is 2.41. The molecule has 2 aliphatic heterocycles. The van der Waals surface area contributed by atoms with Crippen molar-refractivity contribution in [1.82, 2.24) is 0 Å². The van der Waals surface area contributed by atoms with Crippen LogP contribution in [0.1, 0.15) is 138 Å². The van der Waals surface area contributed by atoms with Crippen LogP contribution in [-0.2, 0) is 11.2 Å². The van der Waals surface area contributed by atoms with Gasteiger partial charge in [0, 0.05) is 38.8 Å². The highest BCUT2D eigenvalue weighted by molar-refractivity contribution is 6.01. The van der Waals surface area contributed by atoms with Crippen molar-refractivity contribution in [2.75, 3.05) is 26.4 Å². The molecule has 0 fully saturated rings. The molecule has 0 bridgehead atoms. The van der Waals surface area contributed by atoms with Crippen LogP contribution in [0.5, 0.6) is 34.5 Å². The van der Waals surface area contributed by atoms with Crippen molar-refractivity contribution in [2.45, 2.75) is 116 Å². The van der Waals surface area contributed by atoms with Crippen molar-refractivity contribution in [3.05, 3.63) is 167 Å². The first-order valence-electron chi connectivity index (χ1n) is 24.8. The van der Waals surface area contributed by atoms with Crippen LogP contribution in [0.25, 0.3) is 22.9 Å². The Balaban J connectivity index is 1.18. The van der Waals surface area contributed by atoms with E-state index < -0.39 is 11.2 Å². The Morgan fingerprint density at radius 2 is 0.742 bits per heavy atom. The van der Waals surface area contributed by atoms with Gasteiger partial charge in [0.25, 0.3) is 0 Å². The second kappa shape index (κ2) is 22.4. The fourth-order valence-electron chi connectivity index (χ4n) is 9.03. The minimum atomic E-state index is -0.935. The molecule has 0 amide bonds. The summed E-state index contributed by atoms with van der Waals surface area (Å²) in [6, 6.07) is 42.2. The second-order valence-electron chi connectivity index (χ2n) is 17.7. The van der Waals surface area contributed by atoms with Crippen LogP contribution in [0.4, 0.5) is 0 Å². The van der Waals surface area contributed by atoms with E-state index in [2.05, 4.69) is 173 Å². The third-order valence-corrected chi connectivity index (χ3v) is 12.9. The van der Waals surface area contributed by atoms with E-state index >= 15 is 0 Å². The summed E-state index contributed by atoms with van der Waals surface area (Å²) in [5.74, 6) is 5.01. The number of ether oxygens (including phenoxy) is 6. The summed E-state index contributed by atoms with van der Waals surface area (Å²) >= 11 is 0. The number of benzene rings is 6. The number of fused-ring (bicyclic) bond motifs is 5. The molecule has 0 unspecified atom stereocenters. The Labute approximate surface area is 393 Å². The average Bonchev–Trinajstić information content (AvgIpc) is 3.37. The maximum atomic E-state index is 7.53. The normalized spacial score (nSPS) is 14.2. The molecule has 2 heterocycles. The molecule has 0 aromatic heterocycles. The van der Waals surface area contributed by atoms with E-state index in [9.17, 15) is 0 Å². The molecule has 0 atom stereocenters. The molecule has 0 saturated carbocycles. The summed E-state index contributed by atoms with van der Waals surface area (Å²) in [5, 5.41) is 2.07. The number of rotatable bonds is 24. The molecule has 0 saturated heterocycles. The first kappa shape index (κ1) is 46.4. The summed E-state index contributed by atoms with van der Waals surface area (Å²) in [6.45, 7) is 11.7. The zero-order valence-corrected chi connectivity index (χ0v) is 39.6. The lowest BCUT2D eigenvalue weighted by Gasteiger charge is -2.38. The highest BCUT2D eigenvalue weighted by atomic mass is 16.5. The standard InChI is InChI=1S/C60H68O6/c1-5-9-13-41-61-51-28-20-47(21-29-51)59(48-22-30-52(31-23-48)62-42-14-10-6-2)40-38-55-56(65-59)36-19-45-17-18-46-37-39-60(66-58(46)57(45)55,49-24-32-53(33-25-49)63-43-15-11-7-3)50-26-34-54(35-27-50)64-44-16-12-8-4/h17-40H,5-16,41-44H2,1-4H3. The largest absolute Gasteiger partial charge is 0.494 e. The highest BCUT2D eigenvalue weighted by Crippen LogP contribution is 2.51. The second-order valence-corrected chi connectivity index (χ2v) is 17.7. The number of unbranched alkanes of at least 4 members (excludes halogenated alkanes) is 8. The zero-order valence-electron chi connectivity index (χ0n) is 39.6. The van der Waals surface area contributed by atoms with Crippen molar-refractivity contribution < 1.29 is 28.4 Å². The summed E-state index contributed by atoms with van der Waals surface area (Å²) in [4.78, 5) is 0. The Morgan fingerprint density at radius 3 is 1.14 bits per heavy atom. The van der Waals surface area contributed by atoms with Gasteiger partial charge < -0.3 is 28.4 Å². The van der Waals surface area contributed by atoms with Gasteiger partial charge in [0.05, 0.1) is 26.4 Å². The lowest BCUT2D eigenvalue weighted by molar-refractivity contribution is 0.159. The van der Waals surface area contributed by atoms with Crippen molar-refractivity contribution >= 4 is 22.9 Å². The van der Waals surface area contributed by atoms with Gasteiger partial charge in [-0.05, 0) is 104 Å². The van der Waals surface area contributed by atoms with Gasteiger partial charge in [0.15, 0.2) is 11.2 Å². The number of hydrogen-bond donors (Lipinski definition) is 0. The lowest BCUT2D eigenvalue weighted by atomic mass is 9.82. The molecule has 6 aromatic carbocycles. The Morgan fingerprint density at radius 1 is 0.379 bits per heavy atom. The molecule has 6 heteroatoms. The summed E-state index contributed by atoms with van der Waals surface area (Å²) in [7, 11) is 0. The van der Waals surface area contributed by atoms with Gasteiger partial charge in [-0.1, -0.05) is 152 Å². The van der Waals surface area contributed by atoms with Crippen LogP contribution < -0.4 is 28.4 Å². The topological polar surface area (TPSA) is 55.4 Å². The molecular formula is C60H68O6. The zero-order chi connectivity index (χ0) is 45.6. The van der Waals surface area contributed by atoms with E-state index in [1.54, 1.807) is 0 Å². The SMILES string of the molecule is CCCCCOc1ccc(C2(c3ccc(OCCCCC)cc3)C=Cc3c(ccc4ccc5c(c34)OC(c3ccc(OCCCCC)cc3)(c3ccc(OCCCCC)cc3)C=C5)O2)cc1. The minimum Gasteiger partial charge on any atom is -0.494 e. The fraction of sp³-hybridized carbons (Fsp3) is 0.367. The first-order valence-corrected chi connectivity index (χ1v) is 24.8. The van der Waals surface area contributed by atoms with E-state index in [1.165, 1.54) is 0 Å². The van der Waals surface area contributed by atoms with Crippen LogP contribution in [0.3, 0.4) is 0 Å². The van der Waals surface area contributed by atoms with Gasteiger partial charge >= 0.3 is 0 Å². The van der Waals surface area contributed by atoms with Crippen molar-refractivity contribution in [3.63, 3.8) is 0 Å². The molecular weight excluding hydrogens is 817 g/mol. The van der Waals surface area contributed by atoms with Crippen molar-refractivity contribution in [2.24, 2.45) is 0 Å². The third-order valence-electron chi connectivity index (χ3n) is 12.9. The molecule has 0 spiro atoms. The van der Waals surface area contributed by atoms with E-state index in [-0.39, 0.29) is 0 Å². The van der Waals surface area contributed by atoms with E-state index in [0.717, 1.165) is 156 Å². The molecule has 344 valence electrons. The molecule has 8 rings (SSSR count). The third kappa shape index (κ3) is 10.4. The predicted molar refractivity (Wildman–Crippen MR) is 271 cm³/mol. The smallest absolute Gasteiger partial charge is 0.178 e. The average molecular weight is 885 g/mol. The van der Waals surface area contributed by atoms with Crippen LogP contribution in [-0.4, -0.2) is 26.4 Å². The monoisotopic (exact) mass is 885 g/mol. The van der Waals surface area contributed by atoms with Gasteiger partial charge in [-0.2, -0.15) is 0 Å². The van der Waals surface area contributed by atoms with E-state index in [1.807, 2.05) is 0 Å². The van der Waals surface area contributed by atoms with Crippen LogP contribution in [0.15, 0.2) is 133 Å². The van der Waals surface area contributed by atoms with Gasteiger partial charge in [0.1, 0.15) is 34.5 Å². The lowest BCUT2D eigenvalue weighted by Crippen LogP contribution is -2.35. The van der Waals surface area contributed by atoms with Gasteiger partial charge in [-0.15, -0.1) is 0 Å². The van der Waals surface area contributed by atoms with Gasteiger partial charge in [-0.25, -0.2) is 0 Å². The van der Waals surface area contributed by atoms with E-state index in [0.29, 0.717) is 26.4 Å². The maximum Gasteiger partial charge on any atom is 0.178 e. The molecule has 0 aliphatic carbocycles.